The summed E-state index contributed by atoms with van der Waals surface area (Å²) in [6, 6.07) is 65.6. The molecule has 6 nitrogen and oxygen atoms in total. The lowest BCUT2D eigenvalue weighted by Crippen LogP contribution is -2.30. The van der Waals surface area contributed by atoms with Gasteiger partial charge in [0.25, 0.3) is 11.4 Å². The van der Waals surface area contributed by atoms with Crippen LogP contribution in [-0.2, 0) is 62.2 Å². The second-order valence-electron chi connectivity index (χ2n) is 39.9. The normalized spacial score (nSPS) is 15.1. The lowest BCUT2D eigenvalue weighted by atomic mass is 9.65. The van der Waals surface area contributed by atoms with Crippen molar-refractivity contribution in [3.63, 3.8) is 0 Å². The van der Waals surface area contributed by atoms with E-state index in [0.29, 0.717) is 44.5 Å². The second-order valence-corrected chi connectivity index (χ2v) is 46.2. The monoisotopic (exact) mass is 1920 g/mol. The highest BCUT2D eigenvalue weighted by atomic mass is 32.1. The Morgan fingerprint density at radius 3 is 0.775 bits per heavy atom. The Balaban J connectivity index is 0.986. The zero-order valence-electron chi connectivity index (χ0n) is 82.5. The lowest BCUT2D eigenvalue weighted by molar-refractivity contribution is 0.103. The largest absolute Gasteiger partial charge is 0.289 e. The van der Waals surface area contributed by atoms with Crippen LogP contribution in [0.15, 0.2) is 180 Å². The van der Waals surface area contributed by atoms with Crippen LogP contribution in [0, 0.1) is 35.8 Å². The number of nitrogens with zero attached hydrogens (tertiary/aromatic N) is 4. The Morgan fingerprint density at radius 1 is 0.297 bits per heavy atom. The van der Waals surface area contributed by atoms with Crippen molar-refractivity contribution in [2.75, 3.05) is 0 Å². The number of benzene rings is 8. The topological polar surface area (TPSA) is 90.4 Å². The van der Waals surface area contributed by atoms with Crippen molar-refractivity contribution in [2.24, 2.45) is 0 Å². The molecule has 6 aromatic heterocycles. The standard InChI is InChI=1S/C126H132N4O2S6/c1-11-19-27-35-47-81-59-82(48-36-28-20-12-2)64-93(63-81)125(94-65-83(49-37-29-21-13-3)60-84(66-94)50-38-30-22-14-4)111-117-107(77-97(133-117)75-103-109(105(79-127)129-9)99-71-89-55-43-45-57-91(89)73-101(99)115(103)131)135-119(111)121-113(125)123-124(137-121)114-122(138-123)120-112(118-108(136-120)78-98(134-118)76-104-110(106(80-128)130-10)100-72-90-56-44-46-58-92(90)74-102(100)116(104)132)126(114,95-67-85(51-39-31-23-15-5)61-86(68-95)52-40-32-24-16-6)96-69-87(53-41-33-25-17-7)62-88(70-96)54-42-34-26-18-8/h43-46,55-78H,11-42,47-54H2,1-8H3/b103-75-,104-76-,109-105+,110-106?. The van der Waals surface area contributed by atoms with Crippen LogP contribution in [0.25, 0.3) is 102 Å². The van der Waals surface area contributed by atoms with Gasteiger partial charge in [0, 0.05) is 74.8 Å². The van der Waals surface area contributed by atoms with E-state index < -0.39 is 10.8 Å². The van der Waals surface area contributed by atoms with E-state index in [9.17, 15) is 10.5 Å². The minimum Gasteiger partial charge on any atom is -0.289 e. The predicted octanol–water partition coefficient (Wildman–Crippen LogP) is 38.4. The summed E-state index contributed by atoms with van der Waals surface area (Å²) in [6.07, 6.45) is 49.2. The van der Waals surface area contributed by atoms with Crippen LogP contribution in [0.3, 0.4) is 0 Å². The first kappa shape index (κ1) is 97.7. The third-order valence-electron chi connectivity index (χ3n) is 30.0. The molecular weight excluding hydrogens is 1790 g/mol. The quantitative estimate of drug-likeness (QED) is 0.0165. The minimum absolute atomic E-state index is 0.0753. The van der Waals surface area contributed by atoms with Crippen LogP contribution in [-0.4, -0.2) is 11.6 Å². The van der Waals surface area contributed by atoms with Crippen LogP contribution in [0.1, 0.15) is 391 Å². The molecule has 0 radical (unpaired) electrons. The summed E-state index contributed by atoms with van der Waals surface area (Å²) in [6.45, 7) is 35.8. The second kappa shape index (κ2) is 44.6. The van der Waals surface area contributed by atoms with Gasteiger partial charge in [-0.1, -0.05) is 331 Å². The van der Waals surface area contributed by atoms with Crippen molar-refractivity contribution >= 4 is 153 Å². The number of ketones is 2. The van der Waals surface area contributed by atoms with Gasteiger partial charge in [0.05, 0.1) is 74.4 Å². The van der Waals surface area contributed by atoms with Gasteiger partial charge in [-0.25, -0.2) is 20.2 Å². The van der Waals surface area contributed by atoms with Crippen LogP contribution >= 0.6 is 68.0 Å². The highest BCUT2D eigenvalue weighted by Crippen LogP contribution is 2.73. The van der Waals surface area contributed by atoms with Crippen molar-refractivity contribution in [3.05, 3.63) is 324 Å². The van der Waals surface area contributed by atoms with E-state index in [2.05, 4.69) is 185 Å². The van der Waals surface area contributed by atoms with Crippen molar-refractivity contribution < 1.29 is 9.59 Å². The maximum absolute atomic E-state index is 15.6. The first-order chi connectivity index (χ1) is 67.7. The van der Waals surface area contributed by atoms with Gasteiger partial charge < -0.3 is 0 Å². The molecule has 4 aliphatic rings. The molecule has 6 heterocycles. The fourth-order valence-electron chi connectivity index (χ4n) is 23.2. The van der Waals surface area contributed by atoms with Crippen LogP contribution in [0.4, 0.5) is 0 Å². The van der Waals surface area contributed by atoms with Gasteiger partial charge >= 0.3 is 0 Å². The summed E-state index contributed by atoms with van der Waals surface area (Å²) >= 11 is 11.6. The number of hydrogen-bond donors (Lipinski definition) is 0. The first-order valence-corrected chi connectivity index (χ1v) is 57.5. The van der Waals surface area contributed by atoms with Crippen molar-refractivity contribution in [1.82, 2.24) is 0 Å². The van der Waals surface area contributed by atoms with E-state index in [1.165, 1.54) is 291 Å². The van der Waals surface area contributed by atoms with E-state index in [1.807, 2.05) is 108 Å². The maximum Gasteiger partial charge on any atom is 0.270 e. The molecule has 0 N–H and O–H groups in total. The van der Waals surface area contributed by atoms with Crippen molar-refractivity contribution in [3.8, 4) is 31.6 Å². The molecule has 0 aliphatic heterocycles. The summed E-state index contributed by atoms with van der Waals surface area (Å²) < 4.78 is 7.54. The molecule has 0 fully saturated rings. The Bertz CT molecular complexity index is 6550. The van der Waals surface area contributed by atoms with E-state index in [0.717, 1.165) is 134 Å². The fraction of sp³-hybridized carbons (Fsp3) is 0.397. The fourth-order valence-corrected chi connectivity index (χ4v) is 32.0. The molecule has 8 aromatic carbocycles. The van der Waals surface area contributed by atoms with Gasteiger partial charge in [-0.3, -0.25) is 9.59 Å². The first-order valence-electron chi connectivity index (χ1n) is 52.6. The number of fused-ring (bicyclic) bond motifs is 17. The summed E-state index contributed by atoms with van der Waals surface area (Å²) in [5.74, 6) is -0.325. The minimum atomic E-state index is -0.874. The number of carbonyl (C=O) groups is 2. The molecule has 0 bridgehead atoms. The molecule has 4 aliphatic carbocycles. The van der Waals surface area contributed by atoms with Gasteiger partial charge in [-0.15, -0.1) is 68.0 Å². The molecule has 0 amide bonds. The van der Waals surface area contributed by atoms with Gasteiger partial charge in [0.15, 0.2) is 11.6 Å². The van der Waals surface area contributed by atoms with Gasteiger partial charge in [0.2, 0.25) is 0 Å². The summed E-state index contributed by atoms with van der Waals surface area (Å²) in [7, 11) is 0. The summed E-state index contributed by atoms with van der Waals surface area (Å²) in [5.41, 5.74) is 24.3. The number of thiophene rings is 6. The molecule has 0 saturated carbocycles. The van der Waals surface area contributed by atoms with Crippen molar-refractivity contribution in [2.45, 2.75) is 323 Å². The Morgan fingerprint density at radius 2 is 0.536 bits per heavy atom. The van der Waals surface area contributed by atoms with Crippen LogP contribution < -0.4 is 0 Å². The van der Waals surface area contributed by atoms with E-state index in [-0.39, 0.29) is 23.0 Å². The molecule has 0 spiro atoms. The van der Waals surface area contributed by atoms with Gasteiger partial charge in [0.1, 0.15) is 0 Å². The molecule has 138 heavy (non-hydrogen) atoms. The number of aryl methyl sites for hydroxylation is 8. The third kappa shape index (κ3) is 19.1. The number of unbranched alkanes of at least 4 members (excludes halogenated alkanes) is 24. The SMILES string of the molecule is [C-]#[N+]C(C#N)=C1/C(=C/c2cc3sc4c(c3s2)C(c2cc(CCCCCC)cc(CCCCCC)c2)(c2cc(CCCCCC)cc(CCCCCC)c2)c2c-4sc3c4c(sc23)-c2sc3cc(/C=C5\C(=O)c6cc7ccccc7cc6\C5=C(\C#N)[N+]#[C-])sc3c2C4(c2cc(CCCCCC)cc(CCCCCC)c2)c2cc(CCCCCC)cc(CCCCCC)c2)C(=O)c2cc3ccccc3cc21. The maximum atomic E-state index is 15.6. The van der Waals surface area contributed by atoms with Gasteiger partial charge in [-0.05, 0) is 251 Å². The zero-order valence-corrected chi connectivity index (χ0v) is 87.4. The summed E-state index contributed by atoms with van der Waals surface area (Å²) in [4.78, 5) is 46.2. The molecular formula is C126H132N4O2S6. The number of Topliss-reactive ketones (excluding diaryl/α,β-unsaturated/α-hetero) is 2. The molecule has 14 aromatic rings. The Kier molecular flexibility index (Phi) is 31.6. The number of allylic oxidation sites excluding steroid dienone is 6. The number of hydrogen-bond acceptors (Lipinski definition) is 10. The number of carbonyl (C=O) groups excluding carboxylic acids is 2. The van der Waals surface area contributed by atoms with Crippen LogP contribution in [0.2, 0.25) is 0 Å². The number of nitriles is 2. The predicted molar refractivity (Wildman–Crippen MR) is 594 cm³/mol. The smallest absolute Gasteiger partial charge is 0.270 e. The molecule has 0 unspecified atom stereocenters. The molecule has 704 valence electrons. The molecule has 0 saturated heterocycles. The average Bonchev–Trinajstić information content (AvgIpc) is 1.48. The average molecular weight is 1930 g/mol. The Labute approximate surface area is 844 Å². The van der Waals surface area contributed by atoms with Crippen molar-refractivity contribution in [1.29, 1.82) is 10.5 Å². The van der Waals surface area contributed by atoms with E-state index in [1.54, 1.807) is 22.7 Å². The van der Waals surface area contributed by atoms with Gasteiger partial charge in [-0.2, -0.15) is 0 Å². The summed E-state index contributed by atoms with van der Waals surface area (Å²) in [5, 5.41) is 25.8. The third-order valence-corrected chi connectivity index (χ3v) is 37.6. The molecule has 0 atom stereocenters. The highest BCUT2D eigenvalue weighted by molar-refractivity contribution is 7.37. The van der Waals surface area contributed by atoms with E-state index >= 15 is 9.59 Å². The molecule has 18 rings (SSSR count). The molecule has 12 heteroatoms. The van der Waals surface area contributed by atoms with E-state index in [4.69, 9.17) is 13.1 Å². The lowest BCUT2D eigenvalue weighted by Gasteiger charge is -2.35. The Hall–Kier alpha value is -10.5. The van der Waals surface area contributed by atoms with Crippen LogP contribution in [0.5, 0.6) is 0 Å². The zero-order chi connectivity index (χ0) is 95.6. The number of rotatable bonds is 46. The highest BCUT2D eigenvalue weighted by Gasteiger charge is 2.57.